The molecule has 2 N–H and O–H groups in total. The Hall–Kier alpha value is -1.57. The molecule has 0 heterocycles. The highest BCUT2D eigenvalue weighted by Gasteiger charge is 2.19. The molecule has 1 aromatic carbocycles. The summed E-state index contributed by atoms with van der Waals surface area (Å²) in [5, 5.41) is 0. The maximum Gasteiger partial charge on any atom is 0.248 e. The van der Waals surface area contributed by atoms with E-state index >= 15 is 0 Å². The van der Waals surface area contributed by atoms with Crippen molar-refractivity contribution in [2.45, 2.75) is 58.8 Å². The van der Waals surface area contributed by atoms with Crippen LogP contribution in [0.15, 0.2) is 30.4 Å². The summed E-state index contributed by atoms with van der Waals surface area (Å²) >= 11 is 0. The van der Waals surface area contributed by atoms with Crippen molar-refractivity contribution >= 4 is 5.91 Å². The van der Waals surface area contributed by atoms with Crippen LogP contribution >= 0.6 is 0 Å². The highest BCUT2D eigenvalue weighted by atomic mass is 16.1. The van der Waals surface area contributed by atoms with Gasteiger partial charge >= 0.3 is 0 Å². The van der Waals surface area contributed by atoms with Crippen LogP contribution in [-0.4, -0.2) is 5.91 Å². The number of unbranched alkanes of at least 4 members (excludes halogenated alkanes) is 1. The Kier molecular flexibility index (Phi) is 7.06. The van der Waals surface area contributed by atoms with Gasteiger partial charge in [0, 0.05) is 5.56 Å². The van der Waals surface area contributed by atoms with Crippen molar-refractivity contribution in [3.8, 4) is 0 Å². The number of hydrogen-bond acceptors (Lipinski definition) is 1. The van der Waals surface area contributed by atoms with Crippen LogP contribution in [0.4, 0.5) is 0 Å². The molecule has 0 saturated heterocycles. The van der Waals surface area contributed by atoms with E-state index in [0.29, 0.717) is 11.5 Å². The standard InChI is InChI=1S/C18H27NO/c1-4-7-8-9-11-14(5-2)17-15(6-3)12-10-13-16(17)18(19)20/h4,7,10,12-14H,5-6,8-9,11H2,1-3H3,(H2,19,20)/b7-4+. The Morgan fingerprint density at radius 2 is 2.10 bits per heavy atom. The van der Waals surface area contributed by atoms with E-state index < -0.39 is 0 Å². The minimum atomic E-state index is -0.304. The van der Waals surface area contributed by atoms with E-state index in [1.807, 2.05) is 12.1 Å². The second-order valence-electron chi connectivity index (χ2n) is 5.20. The molecule has 0 saturated carbocycles. The monoisotopic (exact) mass is 273 g/mol. The van der Waals surface area contributed by atoms with Gasteiger partial charge in [0.15, 0.2) is 0 Å². The first kappa shape index (κ1) is 16.5. The van der Waals surface area contributed by atoms with Gasteiger partial charge in [0.25, 0.3) is 0 Å². The van der Waals surface area contributed by atoms with Gasteiger partial charge in [-0.05, 0) is 62.1 Å². The molecule has 1 atom stereocenters. The van der Waals surface area contributed by atoms with Crippen molar-refractivity contribution in [3.63, 3.8) is 0 Å². The van der Waals surface area contributed by atoms with E-state index in [4.69, 9.17) is 5.73 Å². The van der Waals surface area contributed by atoms with Crippen LogP contribution in [0.3, 0.4) is 0 Å². The normalized spacial score (nSPS) is 12.8. The van der Waals surface area contributed by atoms with Crippen LogP contribution in [0.5, 0.6) is 0 Å². The zero-order chi connectivity index (χ0) is 15.0. The van der Waals surface area contributed by atoms with Gasteiger partial charge in [-0.25, -0.2) is 0 Å². The summed E-state index contributed by atoms with van der Waals surface area (Å²) < 4.78 is 0. The van der Waals surface area contributed by atoms with Crippen molar-refractivity contribution in [2.24, 2.45) is 5.73 Å². The molecule has 0 aromatic heterocycles. The van der Waals surface area contributed by atoms with Crippen molar-refractivity contribution in [1.82, 2.24) is 0 Å². The van der Waals surface area contributed by atoms with E-state index in [-0.39, 0.29) is 5.91 Å². The van der Waals surface area contributed by atoms with E-state index in [0.717, 1.165) is 32.1 Å². The average molecular weight is 273 g/mol. The number of carbonyl (C=O) groups is 1. The zero-order valence-electron chi connectivity index (χ0n) is 13.0. The highest BCUT2D eigenvalue weighted by Crippen LogP contribution is 2.31. The summed E-state index contributed by atoms with van der Waals surface area (Å²) in [6.45, 7) is 6.38. The van der Waals surface area contributed by atoms with Gasteiger partial charge < -0.3 is 5.73 Å². The predicted molar refractivity (Wildman–Crippen MR) is 86.0 cm³/mol. The van der Waals surface area contributed by atoms with Crippen LogP contribution in [0.2, 0.25) is 0 Å². The van der Waals surface area contributed by atoms with Gasteiger partial charge in [0.1, 0.15) is 0 Å². The fourth-order valence-electron chi connectivity index (χ4n) is 2.82. The lowest BCUT2D eigenvalue weighted by Gasteiger charge is -2.21. The molecule has 0 aliphatic heterocycles. The fourth-order valence-corrected chi connectivity index (χ4v) is 2.82. The van der Waals surface area contributed by atoms with Crippen LogP contribution in [0.25, 0.3) is 0 Å². The van der Waals surface area contributed by atoms with Gasteiger partial charge in [-0.1, -0.05) is 38.1 Å². The minimum Gasteiger partial charge on any atom is -0.366 e. The minimum absolute atomic E-state index is 0.304. The number of rotatable bonds is 8. The molecule has 1 amide bonds. The molecule has 0 fully saturated rings. The molecule has 0 spiro atoms. The van der Waals surface area contributed by atoms with Crippen molar-refractivity contribution in [1.29, 1.82) is 0 Å². The van der Waals surface area contributed by atoms with Crippen molar-refractivity contribution in [2.75, 3.05) is 0 Å². The van der Waals surface area contributed by atoms with E-state index in [1.54, 1.807) is 0 Å². The number of primary amides is 1. The first-order chi connectivity index (χ1) is 9.65. The van der Waals surface area contributed by atoms with Gasteiger partial charge in [0.2, 0.25) is 5.91 Å². The Balaban J connectivity index is 3.02. The van der Waals surface area contributed by atoms with Gasteiger partial charge in [0.05, 0.1) is 0 Å². The molecule has 2 nitrogen and oxygen atoms in total. The molecular formula is C18H27NO. The van der Waals surface area contributed by atoms with Crippen LogP contribution in [0.1, 0.15) is 73.9 Å². The molecule has 0 bridgehead atoms. The molecular weight excluding hydrogens is 246 g/mol. The molecule has 20 heavy (non-hydrogen) atoms. The van der Waals surface area contributed by atoms with E-state index in [1.165, 1.54) is 11.1 Å². The maximum atomic E-state index is 11.7. The SMILES string of the molecule is C/C=C/CCCC(CC)c1c(CC)cccc1C(N)=O. The number of hydrogen-bond donors (Lipinski definition) is 1. The number of nitrogens with two attached hydrogens (primary N) is 1. The number of carbonyl (C=O) groups excluding carboxylic acids is 1. The molecule has 2 heteroatoms. The topological polar surface area (TPSA) is 43.1 Å². The summed E-state index contributed by atoms with van der Waals surface area (Å²) in [7, 11) is 0. The third-order valence-corrected chi connectivity index (χ3v) is 3.90. The molecule has 0 aliphatic rings. The number of allylic oxidation sites excluding steroid dienone is 2. The van der Waals surface area contributed by atoms with Crippen molar-refractivity contribution in [3.05, 3.63) is 47.0 Å². The number of benzene rings is 1. The molecule has 0 aliphatic carbocycles. The smallest absolute Gasteiger partial charge is 0.248 e. The van der Waals surface area contributed by atoms with Gasteiger partial charge in [-0.15, -0.1) is 0 Å². The maximum absolute atomic E-state index is 11.7. The third-order valence-electron chi connectivity index (χ3n) is 3.90. The Labute approximate surface area is 123 Å². The largest absolute Gasteiger partial charge is 0.366 e. The Morgan fingerprint density at radius 3 is 2.65 bits per heavy atom. The summed E-state index contributed by atoms with van der Waals surface area (Å²) in [5.74, 6) is 0.126. The van der Waals surface area contributed by atoms with Crippen LogP contribution in [-0.2, 0) is 6.42 Å². The molecule has 110 valence electrons. The third kappa shape index (κ3) is 4.22. The first-order valence-electron chi connectivity index (χ1n) is 7.68. The lowest BCUT2D eigenvalue weighted by Crippen LogP contribution is -2.17. The second kappa shape index (κ2) is 8.57. The zero-order valence-corrected chi connectivity index (χ0v) is 13.0. The quantitative estimate of drug-likeness (QED) is 0.546. The Morgan fingerprint density at radius 1 is 1.35 bits per heavy atom. The lowest BCUT2D eigenvalue weighted by atomic mass is 9.84. The number of aryl methyl sites for hydroxylation is 1. The van der Waals surface area contributed by atoms with Crippen molar-refractivity contribution < 1.29 is 4.79 Å². The van der Waals surface area contributed by atoms with Crippen LogP contribution in [0, 0.1) is 0 Å². The average Bonchev–Trinajstić information content (AvgIpc) is 2.46. The molecule has 0 radical (unpaired) electrons. The Bertz CT molecular complexity index is 462. The highest BCUT2D eigenvalue weighted by molar-refractivity contribution is 5.94. The summed E-state index contributed by atoms with van der Waals surface area (Å²) in [4.78, 5) is 11.7. The van der Waals surface area contributed by atoms with Crippen LogP contribution < -0.4 is 5.73 Å². The summed E-state index contributed by atoms with van der Waals surface area (Å²) in [6, 6.07) is 5.93. The molecule has 1 unspecified atom stereocenters. The van der Waals surface area contributed by atoms with Gasteiger partial charge in [-0.2, -0.15) is 0 Å². The molecule has 1 aromatic rings. The fraction of sp³-hybridized carbons (Fsp3) is 0.500. The van der Waals surface area contributed by atoms with E-state index in [2.05, 4.69) is 39.0 Å². The summed E-state index contributed by atoms with van der Waals surface area (Å²) in [6.07, 6.45) is 9.66. The van der Waals surface area contributed by atoms with E-state index in [9.17, 15) is 4.79 Å². The predicted octanol–water partition coefficient (Wildman–Crippen LogP) is 4.59. The lowest BCUT2D eigenvalue weighted by molar-refractivity contribution is 0.0998. The first-order valence-corrected chi connectivity index (χ1v) is 7.68. The summed E-state index contributed by atoms with van der Waals surface area (Å²) in [5.41, 5.74) is 8.72. The number of amides is 1. The van der Waals surface area contributed by atoms with Gasteiger partial charge in [-0.3, -0.25) is 4.79 Å². The second-order valence-corrected chi connectivity index (χ2v) is 5.20. The molecule has 1 rings (SSSR count).